The summed E-state index contributed by atoms with van der Waals surface area (Å²) in [6.45, 7) is 1.98. The predicted molar refractivity (Wildman–Crippen MR) is 71.8 cm³/mol. The molecule has 0 unspecified atom stereocenters. The van der Waals surface area contributed by atoms with Crippen molar-refractivity contribution < 1.29 is 9.53 Å². The molecule has 0 aliphatic heterocycles. The molecule has 4 nitrogen and oxygen atoms in total. The van der Waals surface area contributed by atoms with E-state index in [1.807, 2.05) is 49.4 Å². The minimum Gasteiger partial charge on any atom is -0.437 e. The molecule has 0 amide bonds. The van der Waals surface area contributed by atoms with Gasteiger partial charge in [-0.2, -0.15) is 4.98 Å². The SMILES string of the molecule is Cc1cccc(Oc2nc3ccccn3c2C=O)c1. The lowest BCUT2D eigenvalue weighted by Crippen LogP contribution is -1.92. The normalized spacial score (nSPS) is 10.6. The van der Waals surface area contributed by atoms with Crippen molar-refractivity contribution in [1.82, 2.24) is 9.38 Å². The van der Waals surface area contributed by atoms with Crippen LogP contribution in [0, 0.1) is 6.92 Å². The molecule has 94 valence electrons. The molecule has 0 bridgehead atoms. The van der Waals surface area contributed by atoms with Crippen LogP contribution in [-0.2, 0) is 0 Å². The summed E-state index contributed by atoms with van der Waals surface area (Å²) in [7, 11) is 0. The number of ether oxygens (including phenoxy) is 1. The molecule has 3 rings (SSSR count). The van der Waals surface area contributed by atoms with Gasteiger partial charge < -0.3 is 4.74 Å². The van der Waals surface area contributed by atoms with E-state index in [-0.39, 0.29) is 0 Å². The molecule has 0 aliphatic rings. The fraction of sp³-hybridized carbons (Fsp3) is 0.0667. The van der Waals surface area contributed by atoms with E-state index in [1.54, 1.807) is 10.6 Å². The maximum Gasteiger partial charge on any atom is 0.249 e. The van der Waals surface area contributed by atoms with E-state index in [1.165, 1.54) is 0 Å². The quantitative estimate of drug-likeness (QED) is 0.672. The highest BCUT2D eigenvalue weighted by Gasteiger charge is 2.13. The van der Waals surface area contributed by atoms with E-state index >= 15 is 0 Å². The molecule has 0 spiro atoms. The van der Waals surface area contributed by atoms with Gasteiger partial charge in [-0.05, 0) is 36.8 Å². The Morgan fingerprint density at radius 3 is 2.89 bits per heavy atom. The number of nitrogens with zero attached hydrogens (tertiary/aromatic N) is 2. The van der Waals surface area contributed by atoms with Crippen LogP contribution < -0.4 is 4.74 Å². The fourth-order valence-electron chi connectivity index (χ4n) is 1.97. The largest absolute Gasteiger partial charge is 0.437 e. The summed E-state index contributed by atoms with van der Waals surface area (Å²) >= 11 is 0. The van der Waals surface area contributed by atoms with Gasteiger partial charge in [0.25, 0.3) is 0 Å². The molecule has 4 heteroatoms. The summed E-state index contributed by atoms with van der Waals surface area (Å²) in [6, 6.07) is 13.2. The zero-order valence-electron chi connectivity index (χ0n) is 10.4. The number of imidazole rings is 1. The van der Waals surface area contributed by atoms with Crippen LogP contribution in [0.4, 0.5) is 0 Å². The molecule has 0 saturated heterocycles. The number of benzene rings is 1. The molecule has 0 radical (unpaired) electrons. The van der Waals surface area contributed by atoms with Gasteiger partial charge in [-0.1, -0.05) is 18.2 Å². The molecule has 0 atom stereocenters. The first-order valence-corrected chi connectivity index (χ1v) is 5.95. The lowest BCUT2D eigenvalue weighted by atomic mass is 10.2. The van der Waals surface area contributed by atoms with Gasteiger partial charge in [0.15, 0.2) is 12.0 Å². The highest BCUT2D eigenvalue weighted by molar-refractivity contribution is 5.78. The molecule has 2 aromatic heterocycles. The Balaban J connectivity index is 2.07. The third-order valence-electron chi connectivity index (χ3n) is 2.85. The second kappa shape index (κ2) is 4.57. The van der Waals surface area contributed by atoms with Crippen LogP contribution in [0.3, 0.4) is 0 Å². The van der Waals surface area contributed by atoms with Crippen LogP contribution in [0.2, 0.25) is 0 Å². The first-order valence-electron chi connectivity index (χ1n) is 5.95. The van der Waals surface area contributed by atoms with Crippen molar-refractivity contribution >= 4 is 11.9 Å². The second-order valence-corrected chi connectivity index (χ2v) is 4.27. The van der Waals surface area contributed by atoms with Crippen molar-refractivity contribution in [2.75, 3.05) is 0 Å². The molecule has 0 fully saturated rings. The number of aldehydes is 1. The summed E-state index contributed by atoms with van der Waals surface area (Å²) < 4.78 is 7.41. The van der Waals surface area contributed by atoms with E-state index < -0.39 is 0 Å². The number of aromatic nitrogens is 2. The lowest BCUT2D eigenvalue weighted by molar-refractivity contribution is 0.111. The van der Waals surface area contributed by atoms with Crippen molar-refractivity contribution in [3.8, 4) is 11.6 Å². The first kappa shape index (κ1) is 11.5. The Bertz CT molecular complexity index is 747. The van der Waals surface area contributed by atoms with E-state index in [2.05, 4.69) is 4.98 Å². The van der Waals surface area contributed by atoms with Crippen molar-refractivity contribution in [2.45, 2.75) is 6.92 Å². The summed E-state index contributed by atoms with van der Waals surface area (Å²) in [6.07, 6.45) is 2.54. The molecule has 1 aromatic carbocycles. The Morgan fingerprint density at radius 1 is 1.21 bits per heavy atom. The number of carbonyl (C=O) groups is 1. The summed E-state index contributed by atoms with van der Waals surface area (Å²) in [5.41, 5.74) is 2.19. The van der Waals surface area contributed by atoms with Gasteiger partial charge in [-0.25, -0.2) is 0 Å². The minimum atomic E-state index is 0.326. The molecule has 3 aromatic rings. The Kier molecular flexibility index (Phi) is 2.76. The van der Waals surface area contributed by atoms with Crippen LogP contribution in [0.15, 0.2) is 48.7 Å². The monoisotopic (exact) mass is 252 g/mol. The molecular formula is C15H12N2O2. The molecule has 19 heavy (non-hydrogen) atoms. The van der Waals surface area contributed by atoms with Gasteiger partial charge in [-0.3, -0.25) is 9.20 Å². The lowest BCUT2D eigenvalue weighted by Gasteiger charge is -2.03. The van der Waals surface area contributed by atoms with E-state index in [9.17, 15) is 4.79 Å². The van der Waals surface area contributed by atoms with E-state index in [0.29, 0.717) is 23.0 Å². The van der Waals surface area contributed by atoms with Crippen molar-refractivity contribution in [1.29, 1.82) is 0 Å². The van der Waals surface area contributed by atoms with Crippen molar-refractivity contribution in [3.05, 3.63) is 59.9 Å². The molecular weight excluding hydrogens is 240 g/mol. The number of hydrogen-bond donors (Lipinski definition) is 0. The van der Waals surface area contributed by atoms with Crippen LogP contribution in [-0.4, -0.2) is 15.7 Å². The number of pyridine rings is 1. The minimum absolute atomic E-state index is 0.326. The number of rotatable bonds is 3. The summed E-state index contributed by atoms with van der Waals surface area (Å²) in [5, 5.41) is 0. The van der Waals surface area contributed by atoms with Crippen LogP contribution in [0.25, 0.3) is 5.65 Å². The molecule has 0 aliphatic carbocycles. The molecule has 2 heterocycles. The molecule has 0 saturated carbocycles. The number of carbonyl (C=O) groups excluding carboxylic acids is 1. The van der Waals surface area contributed by atoms with E-state index in [4.69, 9.17) is 4.74 Å². The van der Waals surface area contributed by atoms with Crippen molar-refractivity contribution in [2.24, 2.45) is 0 Å². The van der Waals surface area contributed by atoms with Crippen LogP contribution in [0.1, 0.15) is 16.1 Å². The zero-order valence-corrected chi connectivity index (χ0v) is 10.4. The summed E-state index contributed by atoms with van der Waals surface area (Å²) in [5.74, 6) is 0.998. The average molecular weight is 252 g/mol. The van der Waals surface area contributed by atoms with Gasteiger partial charge in [0.05, 0.1) is 0 Å². The third-order valence-corrected chi connectivity index (χ3v) is 2.85. The molecule has 0 N–H and O–H groups in total. The Labute approximate surface area is 110 Å². The van der Waals surface area contributed by atoms with Crippen molar-refractivity contribution in [3.63, 3.8) is 0 Å². The maximum absolute atomic E-state index is 11.2. The Morgan fingerprint density at radius 2 is 2.11 bits per heavy atom. The van der Waals surface area contributed by atoms with Gasteiger partial charge >= 0.3 is 0 Å². The van der Waals surface area contributed by atoms with E-state index in [0.717, 1.165) is 11.8 Å². The van der Waals surface area contributed by atoms with Crippen LogP contribution in [0.5, 0.6) is 11.6 Å². The number of aryl methyl sites for hydroxylation is 1. The third kappa shape index (κ3) is 2.08. The first-order chi connectivity index (χ1) is 9.28. The van der Waals surface area contributed by atoms with Gasteiger partial charge in [0.2, 0.25) is 5.88 Å². The standard InChI is InChI=1S/C15H12N2O2/c1-11-5-4-6-12(9-11)19-15-13(10-18)17-8-3-2-7-14(17)16-15/h2-10H,1H3. The van der Waals surface area contributed by atoms with Gasteiger partial charge in [-0.15, -0.1) is 0 Å². The van der Waals surface area contributed by atoms with Gasteiger partial charge in [0, 0.05) is 6.20 Å². The summed E-state index contributed by atoms with van der Waals surface area (Å²) in [4.78, 5) is 15.5. The smallest absolute Gasteiger partial charge is 0.249 e. The fourth-order valence-corrected chi connectivity index (χ4v) is 1.97. The highest BCUT2D eigenvalue weighted by atomic mass is 16.5. The average Bonchev–Trinajstić information content (AvgIpc) is 2.75. The topological polar surface area (TPSA) is 43.6 Å². The second-order valence-electron chi connectivity index (χ2n) is 4.27. The Hall–Kier alpha value is -2.62. The number of fused-ring (bicyclic) bond motifs is 1. The maximum atomic E-state index is 11.2. The predicted octanol–water partition coefficient (Wildman–Crippen LogP) is 3.25. The highest BCUT2D eigenvalue weighted by Crippen LogP contribution is 2.25. The van der Waals surface area contributed by atoms with Crippen LogP contribution >= 0.6 is 0 Å². The van der Waals surface area contributed by atoms with Gasteiger partial charge in [0.1, 0.15) is 11.4 Å². The zero-order chi connectivity index (χ0) is 13.2. The number of hydrogen-bond acceptors (Lipinski definition) is 3.